The van der Waals surface area contributed by atoms with E-state index in [0.717, 1.165) is 17.8 Å². The molecule has 0 amide bonds. The maximum atomic E-state index is 2.75. The molecule has 0 unspecified atom stereocenters. The third kappa shape index (κ3) is 1.57. The first-order chi connectivity index (χ1) is 10.3. The fraction of sp³-hybridized carbons (Fsp3) is 0.737. The molecule has 6 rings (SSSR count). The lowest BCUT2D eigenvalue weighted by Crippen LogP contribution is -2.78. The molecule has 112 valence electrons. The Hall–Kier alpha value is -0.785. The highest BCUT2D eigenvalue weighted by Gasteiger charge is 2.66. The summed E-state index contributed by atoms with van der Waals surface area (Å²) in [5.74, 6) is 3.18. The highest BCUT2D eigenvalue weighted by molar-refractivity contribution is 6.75. The summed E-state index contributed by atoms with van der Waals surface area (Å²) in [6.07, 6.45) is 19.9. The van der Waals surface area contributed by atoms with Gasteiger partial charge in [-0.1, -0.05) is 80.5 Å². The van der Waals surface area contributed by atoms with Crippen molar-refractivity contribution in [1.82, 2.24) is 0 Å². The van der Waals surface area contributed by atoms with Gasteiger partial charge in [0.15, 0.2) is 0 Å². The molecule has 2 heteroatoms. The van der Waals surface area contributed by atoms with E-state index in [0.29, 0.717) is 5.31 Å². The van der Waals surface area contributed by atoms with Crippen LogP contribution in [0.5, 0.6) is 0 Å². The predicted octanol–water partition coefficient (Wildman–Crippen LogP) is 4.53. The average molecular weight is 281 g/mol. The zero-order valence-electron chi connectivity index (χ0n) is 13.2. The minimum absolute atomic E-state index is 0.348. The van der Waals surface area contributed by atoms with Crippen LogP contribution in [0.2, 0.25) is 18.0 Å². The Morgan fingerprint density at radius 1 is 0.810 bits per heavy atom. The zero-order valence-corrected chi connectivity index (χ0v) is 13.2. The molecule has 1 aromatic rings. The molecule has 0 aromatic carbocycles. The Kier molecular flexibility index (Phi) is 2.65. The standard InChI is InChI=1S/C19H28BN/c1-3-7-19(8-4-1)18-12-16-11-17(13-18)15-20(19,14-16)21-9-5-2-6-10-21/h2,5-6,9-10,16-18H,1,3-4,7-8,11-15H2/t16-,17-,18?,20?/m0/s1. The summed E-state index contributed by atoms with van der Waals surface area (Å²) in [6, 6.07) is 6.74. The van der Waals surface area contributed by atoms with E-state index in [2.05, 4.69) is 35.1 Å². The second kappa shape index (κ2) is 4.37. The van der Waals surface area contributed by atoms with E-state index in [1.54, 1.807) is 44.7 Å². The van der Waals surface area contributed by atoms with Crippen LogP contribution in [-0.4, -0.2) is 6.28 Å². The second-order valence-corrected chi connectivity index (χ2v) is 8.92. The molecule has 0 N–H and O–H groups in total. The van der Waals surface area contributed by atoms with Gasteiger partial charge < -0.3 is 4.48 Å². The van der Waals surface area contributed by atoms with E-state index in [1.807, 2.05) is 0 Å². The van der Waals surface area contributed by atoms with Crippen molar-refractivity contribution in [2.75, 3.05) is 0 Å². The summed E-state index contributed by atoms with van der Waals surface area (Å²) in [4.78, 5) is 0. The largest absolute Gasteiger partial charge is 0.426 e. The Morgan fingerprint density at radius 2 is 1.48 bits per heavy atom. The van der Waals surface area contributed by atoms with Gasteiger partial charge in [-0.2, -0.15) is 0 Å². The van der Waals surface area contributed by atoms with Crippen LogP contribution in [0.15, 0.2) is 30.6 Å². The minimum Gasteiger partial charge on any atom is -0.426 e. The van der Waals surface area contributed by atoms with Crippen molar-refractivity contribution in [3.05, 3.63) is 30.6 Å². The average Bonchev–Trinajstić information content (AvgIpc) is 2.54. The van der Waals surface area contributed by atoms with Crippen molar-refractivity contribution in [3.63, 3.8) is 0 Å². The number of rotatable bonds is 1. The van der Waals surface area contributed by atoms with Crippen LogP contribution in [0.1, 0.15) is 51.4 Å². The van der Waals surface area contributed by atoms with Gasteiger partial charge in [0.05, 0.1) is 0 Å². The van der Waals surface area contributed by atoms with Gasteiger partial charge in [0.1, 0.15) is 12.4 Å². The number of hydrogen-bond acceptors (Lipinski definition) is 0. The fourth-order valence-electron chi connectivity index (χ4n) is 7.96. The van der Waals surface area contributed by atoms with Crippen molar-refractivity contribution < 1.29 is 4.48 Å². The quantitative estimate of drug-likeness (QED) is 0.666. The third-order valence-corrected chi connectivity index (χ3v) is 8.33. The van der Waals surface area contributed by atoms with Gasteiger partial charge >= 0.3 is 0 Å². The highest BCUT2D eigenvalue weighted by atomic mass is 14.9. The first-order valence-electron chi connectivity index (χ1n) is 9.47. The molecule has 2 aliphatic carbocycles. The van der Waals surface area contributed by atoms with Crippen LogP contribution < -0.4 is 4.48 Å². The van der Waals surface area contributed by atoms with Gasteiger partial charge in [0, 0.05) is 0 Å². The number of aromatic nitrogens is 1. The van der Waals surface area contributed by atoms with Crippen molar-refractivity contribution in [3.8, 4) is 0 Å². The topological polar surface area (TPSA) is 3.88 Å². The van der Waals surface area contributed by atoms with Crippen molar-refractivity contribution >= 4 is 6.28 Å². The maximum Gasteiger partial charge on any atom is 0.284 e. The van der Waals surface area contributed by atoms with Crippen molar-refractivity contribution in [1.29, 1.82) is 0 Å². The summed E-state index contributed by atoms with van der Waals surface area (Å²) in [5.41, 5.74) is 0. The maximum absolute atomic E-state index is 2.75. The molecular formula is C19H28BN. The molecule has 5 aliphatic rings. The molecule has 2 atom stereocenters. The molecule has 4 heterocycles. The number of nitrogens with zero attached hydrogens (tertiary/aromatic N) is 1. The molecular weight excluding hydrogens is 253 g/mol. The number of pyridine rings is 1. The molecule has 1 spiro atoms. The van der Waals surface area contributed by atoms with Crippen LogP contribution in [-0.2, 0) is 0 Å². The minimum atomic E-state index is -0.348. The molecule has 5 fully saturated rings. The van der Waals surface area contributed by atoms with Crippen LogP contribution in [0.25, 0.3) is 0 Å². The smallest absolute Gasteiger partial charge is 0.284 e. The fourth-order valence-corrected chi connectivity index (χ4v) is 7.96. The van der Waals surface area contributed by atoms with E-state index >= 15 is 0 Å². The predicted molar refractivity (Wildman–Crippen MR) is 87.5 cm³/mol. The van der Waals surface area contributed by atoms with Gasteiger partial charge in [-0.25, -0.2) is 0 Å². The van der Waals surface area contributed by atoms with E-state index in [1.165, 1.54) is 19.3 Å². The van der Waals surface area contributed by atoms with Gasteiger partial charge in [0.25, 0.3) is 6.28 Å². The summed E-state index contributed by atoms with van der Waals surface area (Å²) < 4.78 is 2.75. The SMILES string of the molecule is c1cc[n+]([B-]23C[C@@H]4CC(C[C@H](C4)C2)C32CCCCC2)cc1. The van der Waals surface area contributed by atoms with E-state index in [9.17, 15) is 0 Å². The molecule has 2 saturated carbocycles. The summed E-state index contributed by atoms with van der Waals surface area (Å²) in [7, 11) is 0. The summed E-state index contributed by atoms with van der Waals surface area (Å²) in [6.45, 7) is 0. The molecule has 3 saturated heterocycles. The Balaban J connectivity index is 1.68. The van der Waals surface area contributed by atoms with Crippen LogP contribution in [0, 0.1) is 17.8 Å². The second-order valence-electron chi connectivity index (χ2n) is 8.92. The lowest BCUT2D eigenvalue weighted by atomic mass is 9.07. The molecule has 21 heavy (non-hydrogen) atoms. The Labute approximate surface area is 129 Å². The molecule has 3 aliphatic heterocycles. The Morgan fingerprint density at radius 3 is 2.14 bits per heavy atom. The van der Waals surface area contributed by atoms with Gasteiger partial charge in [-0.05, 0) is 12.1 Å². The van der Waals surface area contributed by atoms with Gasteiger partial charge in [-0.15, -0.1) is 12.6 Å². The van der Waals surface area contributed by atoms with Gasteiger partial charge in [-0.3, -0.25) is 0 Å². The first kappa shape index (κ1) is 12.7. The van der Waals surface area contributed by atoms with Crippen molar-refractivity contribution in [2.45, 2.75) is 69.3 Å². The van der Waals surface area contributed by atoms with Crippen molar-refractivity contribution in [2.24, 2.45) is 17.8 Å². The van der Waals surface area contributed by atoms with Crippen LogP contribution in [0.4, 0.5) is 0 Å². The highest BCUT2D eigenvalue weighted by Crippen LogP contribution is 2.70. The molecule has 0 radical (unpaired) electrons. The van der Waals surface area contributed by atoms with E-state index in [-0.39, 0.29) is 6.28 Å². The van der Waals surface area contributed by atoms with Crippen LogP contribution >= 0.6 is 0 Å². The summed E-state index contributed by atoms with van der Waals surface area (Å²) >= 11 is 0. The van der Waals surface area contributed by atoms with Crippen LogP contribution in [0.3, 0.4) is 0 Å². The summed E-state index contributed by atoms with van der Waals surface area (Å²) in [5, 5.41) is 0.706. The zero-order chi connectivity index (χ0) is 13.9. The third-order valence-electron chi connectivity index (χ3n) is 8.33. The molecule has 1 nitrogen and oxygen atoms in total. The van der Waals surface area contributed by atoms with E-state index in [4.69, 9.17) is 0 Å². The molecule has 4 bridgehead atoms. The monoisotopic (exact) mass is 281 g/mol. The Bertz CT molecular complexity index is 520. The first-order valence-corrected chi connectivity index (χ1v) is 9.47. The molecule has 1 aromatic heterocycles. The lowest BCUT2D eigenvalue weighted by Gasteiger charge is -2.69. The lowest BCUT2D eigenvalue weighted by molar-refractivity contribution is -0.556. The normalized spacial score (nSPS) is 43.3. The van der Waals surface area contributed by atoms with E-state index < -0.39 is 0 Å². The number of hydrogen-bond donors (Lipinski definition) is 0. The van der Waals surface area contributed by atoms with Gasteiger partial charge in [0.2, 0.25) is 0 Å².